The number of hydrogen-bond donors (Lipinski definition) is 2. The highest BCUT2D eigenvalue weighted by Gasteiger charge is 2.66. The van der Waals surface area contributed by atoms with Crippen molar-refractivity contribution in [3.8, 4) is 0 Å². The van der Waals surface area contributed by atoms with Crippen LogP contribution in [0.25, 0.3) is 0 Å². The van der Waals surface area contributed by atoms with Crippen LogP contribution in [0.1, 0.15) is 0 Å². The van der Waals surface area contributed by atoms with Gasteiger partial charge < -0.3 is 24.4 Å². The van der Waals surface area contributed by atoms with E-state index in [1.165, 1.54) is 0 Å². The molecule has 0 radical (unpaired) electrons. The van der Waals surface area contributed by atoms with E-state index in [-0.39, 0.29) is 6.61 Å². The van der Waals surface area contributed by atoms with Crippen LogP contribution in [0.3, 0.4) is 0 Å². The molecule has 1 unspecified atom stereocenters. The predicted octanol–water partition coefficient (Wildman–Crippen LogP) is -0.664. The summed E-state index contributed by atoms with van der Waals surface area (Å²) in [7, 11) is 0. The van der Waals surface area contributed by atoms with Crippen molar-refractivity contribution < 1.29 is 29.2 Å². The molecule has 2 N–H and O–H groups in total. The summed E-state index contributed by atoms with van der Waals surface area (Å²) in [4.78, 5) is -1.11. The minimum atomic E-state index is -1.67. The molecule has 4 bridgehead atoms. The summed E-state index contributed by atoms with van der Waals surface area (Å²) in [5, 5.41) is 19.0. The summed E-state index contributed by atoms with van der Waals surface area (Å²) in [6.45, 7) is -0.351. The van der Waals surface area contributed by atoms with Crippen molar-refractivity contribution in [2.75, 3.05) is 6.61 Å². The smallest absolute Gasteiger partial charge is 0.318 e. The normalized spacial score (nSPS) is 54.9. The maximum Gasteiger partial charge on any atom is 0.318 e. The van der Waals surface area contributed by atoms with Gasteiger partial charge in [0, 0.05) is 0 Å². The Balaban J connectivity index is 1.97. The van der Waals surface area contributed by atoms with Crippen molar-refractivity contribution in [2.24, 2.45) is 0 Å². The molecule has 8 heteroatoms. The van der Waals surface area contributed by atoms with Gasteiger partial charge in [0.05, 0.1) is 6.61 Å². The number of fused-ring (bicyclic) bond motifs is 1. The van der Waals surface area contributed by atoms with E-state index in [0.717, 1.165) is 0 Å². The molecule has 0 amide bonds. The van der Waals surface area contributed by atoms with Crippen LogP contribution < -0.4 is 0 Å². The minimum absolute atomic E-state index is 0.351. The fourth-order valence-electron chi connectivity index (χ4n) is 2.20. The highest BCUT2D eigenvalue weighted by atomic mass is 35.5. The van der Waals surface area contributed by atoms with Crippen LogP contribution in [0, 0.1) is 0 Å². The Hall–Kier alpha value is 0.340. The Bertz CT molecular complexity index is 302. The molecule has 0 saturated carbocycles. The second-order valence-corrected chi connectivity index (χ2v) is 5.00. The highest BCUT2D eigenvalue weighted by Crippen LogP contribution is 2.48. The maximum atomic E-state index is 9.88. The van der Waals surface area contributed by atoms with Gasteiger partial charge in [0.15, 0.2) is 11.1 Å². The third kappa shape index (κ3) is 1.36. The Morgan fingerprint density at radius 2 is 1.94 bits per heavy atom. The fourth-order valence-corrected chi connectivity index (χ4v) is 2.51. The molecule has 0 aromatic carbocycles. The molecule has 4 saturated heterocycles. The summed E-state index contributed by atoms with van der Waals surface area (Å²) < 4.78 is 21.5. The minimum Gasteiger partial charge on any atom is -0.394 e. The van der Waals surface area contributed by atoms with E-state index in [9.17, 15) is 10.2 Å². The monoisotopic (exact) mass is 272 g/mol. The molecule has 6 nitrogen and oxygen atoms in total. The van der Waals surface area contributed by atoms with Gasteiger partial charge in [-0.1, -0.05) is 23.2 Å². The SMILES string of the molecule is OC[C@H]1OC2(C(Cl)Cl)O[C@H]3O[C@@H]1[C@H](O)[C@H]3O2. The summed E-state index contributed by atoms with van der Waals surface area (Å²) in [6, 6.07) is 0. The standard InChI is InChI=1S/C8H10Cl2O6/c9-7(10)8-14-2(1-11)4-3(12)5(15-8)6(13-4)16-8/h2-7,11-12H,1H2/t2-,3+,4+,5-,6-,8?/m1/s1. The van der Waals surface area contributed by atoms with Crippen LogP contribution in [0.5, 0.6) is 0 Å². The first-order chi connectivity index (χ1) is 7.57. The fraction of sp³-hybridized carbons (Fsp3) is 1.00. The average Bonchev–Trinajstić information content (AvgIpc) is 2.60. The number of rotatable bonds is 2. The van der Waals surface area contributed by atoms with Crippen molar-refractivity contribution in [3.05, 3.63) is 0 Å². The highest BCUT2D eigenvalue weighted by molar-refractivity contribution is 6.44. The number of halogens is 2. The number of ether oxygens (including phenoxy) is 4. The lowest BCUT2D eigenvalue weighted by Gasteiger charge is -2.29. The molecular weight excluding hydrogens is 263 g/mol. The van der Waals surface area contributed by atoms with Gasteiger partial charge in [-0.2, -0.15) is 0 Å². The van der Waals surface area contributed by atoms with Crippen molar-refractivity contribution in [1.82, 2.24) is 0 Å². The number of aliphatic hydroxyl groups excluding tert-OH is 2. The number of aliphatic hydroxyl groups is 2. The summed E-state index contributed by atoms with van der Waals surface area (Å²) >= 11 is 11.5. The molecule has 0 aliphatic carbocycles. The Kier molecular flexibility index (Phi) is 2.62. The summed E-state index contributed by atoms with van der Waals surface area (Å²) in [5.74, 6) is -1.67. The zero-order valence-corrected chi connectivity index (χ0v) is 9.47. The average molecular weight is 273 g/mol. The van der Waals surface area contributed by atoms with E-state index >= 15 is 0 Å². The lowest BCUT2D eigenvalue weighted by molar-refractivity contribution is -0.342. The molecule has 0 aromatic rings. The predicted molar refractivity (Wildman–Crippen MR) is 50.8 cm³/mol. The first kappa shape index (κ1) is 11.4. The van der Waals surface area contributed by atoms with E-state index in [2.05, 4.69) is 0 Å². The van der Waals surface area contributed by atoms with Crippen LogP contribution in [0.4, 0.5) is 0 Å². The van der Waals surface area contributed by atoms with Gasteiger partial charge in [-0.05, 0) is 0 Å². The number of alkyl halides is 2. The van der Waals surface area contributed by atoms with Crippen LogP contribution in [-0.2, 0) is 18.9 Å². The van der Waals surface area contributed by atoms with Gasteiger partial charge in [0.25, 0.3) is 0 Å². The second-order valence-electron chi connectivity index (χ2n) is 3.90. The van der Waals surface area contributed by atoms with Crippen molar-refractivity contribution in [3.63, 3.8) is 0 Å². The van der Waals surface area contributed by atoms with Gasteiger partial charge in [0.2, 0.25) is 0 Å². The van der Waals surface area contributed by atoms with Gasteiger partial charge in [-0.15, -0.1) is 0 Å². The first-order valence-corrected chi connectivity index (χ1v) is 5.70. The molecule has 4 rings (SSSR count). The Morgan fingerprint density at radius 3 is 2.50 bits per heavy atom. The van der Waals surface area contributed by atoms with E-state index in [4.69, 9.17) is 42.1 Å². The van der Waals surface area contributed by atoms with Crippen LogP contribution in [0.15, 0.2) is 0 Å². The third-order valence-corrected chi connectivity index (χ3v) is 3.48. The van der Waals surface area contributed by atoms with E-state index < -0.39 is 41.5 Å². The largest absolute Gasteiger partial charge is 0.394 e. The lowest BCUT2D eigenvalue weighted by Crippen LogP contribution is -2.46. The zero-order valence-electron chi connectivity index (χ0n) is 7.95. The van der Waals surface area contributed by atoms with Gasteiger partial charge >= 0.3 is 5.97 Å². The van der Waals surface area contributed by atoms with E-state index in [1.54, 1.807) is 0 Å². The zero-order chi connectivity index (χ0) is 11.5. The first-order valence-electron chi connectivity index (χ1n) is 4.83. The molecule has 4 aliphatic heterocycles. The van der Waals surface area contributed by atoms with Crippen LogP contribution >= 0.6 is 23.2 Å². The quantitative estimate of drug-likeness (QED) is 0.650. The summed E-state index contributed by atoms with van der Waals surface area (Å²) in [6.07, 6.45) is -3.87. The molecule has 0 aromatic heterocycles. The molecule has 6 atom stereocenters. The molecule has 4 fully saturated rings. The maximum absolute atomic E-state index is 9.88. The van der Waals surface area contributed by atoms with Gasteiger partial charge in [-0.25, -0.2) is 0 Å². The Labute approximate surface area is 101 Å². The molecule has 4 heterocycles. The van der Waals surface area contributed by atoms with Crippen molar-refractivity contribution in [2.45, 2.75) is 41.5 Å². The Morgan fingerprint density at radius 1 is 1.19 bits per heavy atom. The number of hydrogen-bond acceptors (Lipinski definition) is 6. The molecule has 92 valence electrons. The summed E-state index contributed by atoms with van der Waals surface area (Å²) in [5.41, 5.74) is 0. The topological polar surface area (TPSA) is 77.4 Å². The van der Waals surface area contributed by atoms with Gasteiger partial charge in [0.1, 0.15) is 24.4 Å². The molecule has 0 spiro atoms. The van der Waals surface area contributed by atoms with Crippen molar-refractivity contribution >= 4 is 23.2 Å². The van der Waals surface area contributed by atoms with E-state index in [1.807, 2.05) is 0 Å². The molecule has 4 aliphatic rings. The third-order valence-electron chi connectivity index (χ3n) is 2.94. The van der Waals surface area contributed by atoms with Crippen LogP contribution in [0.2, 0.25) is 0 Å². The second kappa shape index (κ2) is 3.66. The molecular formula is C8H10Cl2O6. The molecule has 16 heavy (non-hydrogen) atoms. The lowest BCUT2D eigenvalue weighted by atomic mass is 10.1. The van der Waals surface area contributed by atoms with Gasteiger partial charge in [-0.3, -0.25) is 4.74 Å². The van der Waals surface area contributed by atoms with Crippen molar-refractivity contribution in [1.29, 1.82) is 0 Å². The van der Waals surface area contributed by atoms with E-state index in [0.29, 0.717) is 0 Å². The van der Waals surface area contributed by atoms with Crippen LogP contribution in [-0.4, -0.2) is 58.3 Å².